The predicted octanol–water partition coefficient (Wildman–Crippen LogP) is 2.26. The first-order valence-corrected chi connectivity index (χ1v) is 7.07. The number of hydrogen-bond acceptors (Lipinski definition) is 4. The molecule has 0 saturated carbocycles. The van der Waals surface area contributed by atoms with Crippen LogP contribution >= 0.6 is 0 Å². The van der Waals surface area contributed by atoms with E-state index in [0.717, 1.165) is 45.1 Å². The van der Waals surface area contributed by atoms with Gasteiger partial charge in [-0.1, -0.05) is 18.2 Å². The van der Waals surface area contributed by atoms with Crippen LogP contribution in [0.2, 0.25) is 0 Å². The average Bonchev–Trinajstić information content (AvgIpc) is 2.89. The van der Waals surface area contributed by atoms with Gasteiger partial charge >= 0.3 is 0 Å². The molecule has 1 N–H and O–H groups in total. The fourth-order valence-electron chi connectivity index (χ4n) is 2.43. The quantitative estimate of drug-likeness (QED) is 0.847. The third kappa shape index (κ3) is 3.40. The van der Waals surface area contributed by atoms with E-state index in [9.17, 15) is 0 Å². The van der Waals surface area contributed by atoms with E-state index in [4.69, 9.17) is 9.15 Å². The van der Waals surface area contributed by atoms with Crippen LogP contribution in [0.4, 0.5) is 0 Å². The van der Waals surface area contributed by atoms with Crippen LogP contribution in [-0.4, -0.2) is 31.1 Å². The summed E-state index contributed by atoms with van der Waals surface area (Å²) in [6.07, 6.45) is 3.49. The zero-order chi connectivity index (χ0) is 13.6. The van der Waals surface area contributed by atoms with Crippen molar-refractivity contribution >= 4 is 0 Å². The molecule has 0 saturated heterocycles. The molecule has 4 nitrogen and oxygen atoms in total. The fraction of sp³-hybridized carbons (Fsp3) is 0.375. The Kier molecular flexibility index (Phi) is 4.35. The van der Waals surface area contributed by atoms with Crippen molar-refractivity contribution in [2.45, 2.75) is 13.1 Å². The lowest BCUT2D eigenvalue weighted by Gasteiger charge is -2.19. The molecular weight excluding hydrogens is 252 g/mol. The van der Waals surface area contributed by atoms with E-state index in [1.807, 2.05) is 12.1 Å². The molecule has 0 unspecified atom stereocenters. The molecular formula is C16H20N2O2. The molecule has 2 aromatic rings. The van der Waals surface area contributed by atoms with Gasteiger partial charge in [0.1, 0.15) is 12.4 Å². The maximum Gasteiger partial charge on any atom is 0.123 e. The Morgan fingerprint density at radius 3 is 3.05 bits per heavy atom. The molecule has 0 bridgehead atoms. The fourth-order valence-corrected chi connectivity index (χ4v) is 2.43. The van der Waals surface area contributed by atoms with Crippen molar-refractivity contribution in [3.05, 3.63) is 54.0 Å². The first-order chi connectivity index (χ1) is 9.92. The van der Waals surface area contributed by atoms with Crippen LogP contribution in [0.1, 0.15) is 11.1 Å². The molecule has 106 valence electrons. The summed E-state index contributed by atoms with van der Waals surface area (Å²) in [5.41, 5.74) is 2.47. The number of hydrogen-bond donors (Lipinski definition) is 1. The van der Waals surface area contributed by atoms with Crippen molar-refractivity contribution in [1.82, 2.24) is 10.2 Å². The van der Waals surface area contributed by atoms with E-state index < -0.39 is 0 Å². The summed E-state index contributed by atoms with van der Waals surface area (Å²) >= 11 is 0. The molecule has 0 radical (unpaired) electrons. The number of furan rings is 1. The van der Waals surface area contributed by atoms with Crippen LogP contribution < -0.4 is 10.1 Å². The molecule has 4 heteroatoms. The second-order valence-corrected chi connectivity index (χ2v) is 5.04. The highest BCUT2D eigenvalue weighted by atomic mass is 16.5. The predicted molar refractivity (Wildman–Crippen MR) is 77.6 cm³/mol. The van der Waals surface area contributed by atoms with Crippen molar-refractivity contribution in [2.24, 2.45) is 0 Å². The molecule has 0 aliphatic carbocycles. The number of rotatable bonds is 5. The molecule has 1 aliphatic rings. The molecule has 1 aliphatic heterocycles. The number of fused-ring (bicyclic) bond motifs is 1. The molecule has 2 heterocycles. The molecule has 20 heavy (non-hydrogen) atoms. The van der Waals surface area contributed by atoms with Gasteiger partial charge in [-0.25, -0.2) is 0 Å². The summed E-state index contributed by atoms with van der Waals surface area (Å²) in [6.45, 7) is 5.55. The minimum atomic E-state index is 0.763. The van der Waals surface area contributed by atoms with Crippen LogP contribution in [-0.2, 0) is 13.1 Å². The molecule has 0 spiro atoms. The van der Waals surface area contributed by atoms with E-state index in [1.54, 1.807) is 12.5 Å². The highest BCUT2D eigenvalue weighted by molar-refractivity contribution is 5.33. The van der Waals surface area contributed by atoms with E-state index in [0.29, 0.717) is 0 Å². The van der Waals surface area contributed by atoms with Gasteiger partial charge in [-0.2, -0.15) is 0 Å². The van der Waals surface area contributed by atoms with Gasteiger partial charge in [0, 0.05) is 43.9 Å². The van der Waals surface area contributed by atoms with Crippen molar-refractivity contribution < 1.29 is 9.15 Å². The highest BCUT2D eigenvalue weighted by Crippen LogP contribution is 2.21. The zero-order valence-electron chi connectivity index (χ0n) is 11.5. The molecule has 1 aromatic carbocycles. The lowest BCUT2D eigenvalue weighted by Crippen LogP contribution is -2.33. The van der Waals surface area contributed by atoms with Gasteiger partial charge in [-0.05, 0) is 12.1 Å². The normalized spacial score (nSPS) is 15.4. The first kappa shape index (κ1) is 13.2. The summed E-state index contributed by atoms with van der Waals surface area (Å²) in [7, 11) is 0. The Hall–Kier alpha value is -1.78. The van der Waals surface area contributed by atoms with Gasteiger partial charge in [0.25, 0.3) is 0 Å². The van der Waals surface area contributed by atoms with E-state index >= 15 is 0 Å². The van der Waals surface area contributed by atoms with Gasteiger partial charge in [-0.3, -0.25) is 4.90 Å². The Bertz CT molecular complexity index is 525. The van der Waals surface area contributed by atoms with Crippen LogP contribution in [0.15, 0.2) is 47.3 Å². The number of para-hydroxylation sites is 1. The van der Waals surface area contributed by atoms with E-state index in [2.05, 4.69) is 28.4 Å². The van der Waals surface area contributed by atoms with Gasteiger partial charge in [0.05, 0.1) is 12.5 Å². The van der Waals surface area contributed by atoms with Crippen molar-refractivity contribution in [1.29, 1.82) is 0 Å². The summed E-state index contributed by atoms with van der Waals surface area (Å²) in [6, 6.07) is 10.3. The molecule has 0 amide bonds. The Balaban J connectivity index is 1.46. The standard InChI is InChI=1S/C16H20N2O2/c1-2-4-16-15(3-1)12-18(8-10-20-16)7-6-17-11-14-5-9-19-13-14/h1-5,9,13,17H,6-8,10-12H2. The first-order valence-electron chi connectivity index (χ1n) is 7.07. The van der Waals surface area contributed by atoms with Crippen LogP contribution in [0.3, 0.4) is 0 Å². The smallest absolute Gasteiger partial charge is 0.123 e. The van der Waals surface area contributed by atoms with Crippen LogP contribution in [0.25, 0.3) is 0 Å². The second kappa shape index (κ2) is 6.59. The van der Waals surface area contributed by atoms with Crippen molar-refractivity contribution in [3.63, 3.8) is 0 Å². The Labute approximate surface area is 119 Å². The molecule has 1 aromatic heterocycles. The monoisotopic (exact) mass is 272 g/mol. The Morgan fingerprint density at radius 2 is 2.15 bits per heavy atom. The molecule has 3 rings (SSSR count). The van der Waals surface area contributed by atoms with Gasteiger partial charge in [-0.15, -0.1) is 0 Å². The van der Waals surface area contributed by atoms with Gasteiger partial charge in [0.2, 0.25) is 0 Å². The zero-order valence-corrected chi connectivity index (χ0v) is 11.5. The topological polar surface area (TPSA) is 37.6 Å². The maximum atomic E-state index is 5.77. The Morgan fingerprint density at radius 1 is 1.20 bits per heavy atom. The third-order valence-corrected chi connectivity index (χ3v) is 3.55. The maximum absolute atomic E-state index is 5.77. The van der Waals surface area contributed by atoms with Crippen LogP contribution in [0.5, 0.6) is 5.75 Å². The minimum absolute atomic E-state index is 0.763. The SMILES string of the molecule is c1ccc2c(c1)CN(CCNCc1ccoc1)CCO2. The van der Waals surface area contributed by atoms with E-state index in [-0.39, 0.29) is 0 Å². The van der Waals surface area contributed by atoms with Gasteiger partial charge < -0.3 is 14.5 Å². The average molecular weight is 272 g/mol. The molecule has 0 atom stereocenters. The minimum Gasteiger partial charge on any atom is -0.492 e. The summed E-state index contributed by atoms with van der Waals surface area (Å²) < 4.78 is 10.8. The van der Waals surface area contributed by atoms with Crippen LogP contribution in [0, 0.1) is 0 Å². The lowest BCUT2D eigenvalue weighted by molar-refractivity contribution is 0.226. The van der Waals surface area contributed by atoms with Crippen molar-refractivity contribution in [3.8, 4) is 5.75 Å². The van der Waals surface area contributed by atoms with E-state index in [1.165, 1.54) is 11.1 Å². The number of nitrogens with zero attached hydrogens (tertiary/aromatic N) is 1. The van der Waals surface area contributed by atoms with Gasteiger partial charge in [0.15, 0.2) is 0 Å². The molecule has 0 fully saturated rings. The second-order valence-electron chi connectivity index (χ2n) is 5.04. The largest absolute Gasteiger partial charge is 0.492 e. The number of ether oxygens (including phenoxy) is 1. The summed E-state index contributed by atoms with van der Waals surface area (Å²) in [4.78, 5) is 2.42. The summed E-state index contributed by atoms with van der Waals surface area (Å²) in [5.74, 6) is 1.03. The number of nitrogens with one attached hydrogen (secondary N) is 1. The summed E-state index contributed by atoms with van der Waals surface area (Å²) in [5, 5.41) is 3.44. The third-order valence-electron chi connectivity index (χ3n) is 3.55. The lowest BCUT2D eigenvalue weighted by atomic mass is 10.2. The van der Waals surface area contributed by atoms with Crippen molar-refractivity contribution in [2.75, 3.05) is 26.2 Å². The highest BCUT2D eigenvalue weighted by Gasteiger charge is 2.13. The number of benzene rings is 1.